The lowest BCUT2D eigenvalue weighted by molar-refractivity contribution is 0.0695. The van der Waals surface area contributed by atoms with Gasteiger partial charge in [-0.15, -0.1) is 0 Å². The number of hydrogen-bond acceptors (Lipinski definition) is 6. The van der Waals surface area contributed by atoms with E-state index in [0.717, 1.165) is 10.1 Å². The van der Waals surface area contributed by atoms with Crippen LogP contribution in [-0.2, 0) is 11.7 Å². The fourth-order valence-corrected chi connectivity index (χ4v) is 3.33. The molecule has 27 heavy (non-hydrogen) atoms. The lowest BCUT2D eigenvalue weighted by Crippen LogP contribution is -2.30. The summed E-state index contributed by atoms with van der Waals surface area (Å²) in [5, 5.41) is 12.1. The van der Waals surface area contributed by atoms with E-state index in [1.54, 1.807) is 18.2 Å². The number of nitriles is 1. The average molecular weight is 367 g/mol. The van der Waals surface area contributed by atoms with Gasteiger partial charge in [-0.1, -0.05) is 0 Å². The molecule has 1 fully saturated rings. The molecule has 0 bridgehead atoms. The van der Waals surface area contributed by atoms with Crippen LogP contribution in [0, 0.1) is 18.3 Å². The van der Waals surface area contributed by atoms with Gasteiger partial charge in [0.2, 0.25) is 5.95 Å². The summed E-state index contributed by atoms with van der Waals surface area (Å²) in [4.78, 5) is 21.7. The van der Waals surface area contributed by atoms with Gasteiger partial charge in [-0.3, -0.25) is 9.13 Å². The summed E-state index contributed by atoms with van der Waals surface area (Å²) in [5.41, 5.74) is 1.86. The largest absolute Gasteiger partial charge is 0.381 e. The molecule has 0 saturated carbocycles. The van der Waals surface area contributed by atoms with E-state index in [1.165, 1.54) is 10.8 Å². The van der Waals surface area contributed by atoms with Crippen molar-refractivity contribution in [3.8, 4) is 6.07 Å². The number of fused-ring (bicyclic) bond motifs is 1. The highest BCUT2D eigenvalue weighted by Crippen LogP contribution is 2.24. The zero-order valence-corrected chi connectivity index (χ0v) is 14.8. The van der Waals surface area contributed by atoms with Crippen molar-refractivity contribution in [2.75, 3.05) is 18.5 Å². The van der Waals surface area contributed by atoms with Gasteiger partial charge < -0.3 is 10.1 Å². The fraction of sp³-hybridized carbons (Fsp3) is 0.368. The Hall–Kier alpha value is -3.18. The minimum absolute atomic E-state index is 0.160. The van der Waals surface area contributed by atoms with Gasteiger partial charge in [-0.2, -0.15) is 10.2 Å². The Balaban J connectivity index is 1.82. The normalized spacial score (nSPS) is 17.1. The van der Waals surface area contributed by atoms with Gasteiger partial charge in [-0.05, 0) is 43.5 Å². The second-order valence-electron chi connectivity index (χ2n) is 6.50. The molecule has 0 amide bonds. The van der Waals surface area contributed by atoms with E-state index < -0.39 is 12.7 Å². The highest BCUT2D eigenvalue weighted by Gasteiger charge is 2.23. The molecule has 0 atom stereocenters. The zero-order valence-electron chi connectivity index (χ0n) is 17.8. The molecule has 0 radical (unpaired) electrons. The van der Waals surface area contributed by atoms with E-state index >= 15 is 0 Å². The maximum Gasteiger partial charge on any atom is 0.330 e. The zero-order chi connectivity index (χ0) is 21.5. The molecule has 8 heteroatoms. The summed E-state index contributed by atoms with van der Waals surface area (Å²) in [5.74, 6) is 0.232. The summed E-state index contributed by atoms with van der Waals surface area (Å²) in [7, 11) is 0. The molecule has 2 aromatic heterocycles. The summed E-state index contributed by atoms with van der Waals surface area (Å²) < 4.78 is 30.9. The van der Waals surface area contributed by atoms with Crippen molar-refractivity contribution in [2.45, 2.75) is 25.8 Å². The molecule has 3 heterocycles. The van der Waals surface area contributed by atoms with Crippen LogP contribution in [0.4, 0.5) is 11.6 Å². The molecule has 1 aromatic carbocycles. The van der Waals surface area contributed by atoms with E-state index in [9.17, 15) is 4.79 Å². The lowest BCUT2D eigenvalue weighted by Gasteiger charge is -2.22. The first-order valence-corrected chi connectivity index (χ1v) is 8.65. The van der Waals surface area contributed by atoms with Gasteiger partial charge in [0.25, 0.3) is 0 Å². The molecule has 138 valence electrons. The van der Waals surface area contributed by atoms with E-state index in [-0.39, 0.29) is 23.2 Å². The maximum absolute atomic E-state index is 13.0. The van der Waals surface area contributed by atoms with Crippen molar-refractivity contribution >= 4 is 22.8 Å². The van der Waals surface area contributed by atoms with Gasteiger partial charge in [0, 0.05) is 36.0 Å². The minimum Gasteiger partial charge on any atom is -0.381 e. The highest BCUT2D eigenvalue weighted by molar-refractivity contribution is 5.73. The maximum atomic E-state index is 13.0. The predicted molar refractivity (Wildman–Crippen MR) is 101 cm³/mol. The SMILES string of the molecule is [2H]C([2H])([2H])n1c(=O)n(C2CCOCC2)c2nc(Nc3ccc(C#N)c(C)c3)ncc21. The Morgan fingerprint density at radius 2 is 2.22 bits per heavy atom. The van der Waals surface area contributed by atoms with Crippen LogP contribution in [0.15, 0.2) is 29.2 Å². The molecular formula is C19H20N6O2. The standard InChI is InChI=1S/C19H20N6O2/c1-12-9-14(4-3-13(12)10-20)22-18-21-11-16-17(23-18)25(19(26)24(16)2)15-5-7-27-8-6-15/h3-4,9,11,15H,5-8H2,1-2H3,(H,21,22,23)/i2D3. The lowest BCUT2D eigenvalue weighted by atomic mass is 10.1. The van der Waals surface area contributed by atoms with Crippen LogP contribution < -0.4 is 11.0 Å². The third kappa shape index (κ3) is 3.06. The van der Waals surface area contributed by atoms with Crippen LogP contribution in [0.1, 0.15) is 34.1 Å². The van der Waals surface area contributed by atoms with Gasteiger partial charge in [0.05, 0.1) is 17.8 Å². The van der Waals surface area contributed by atoms with Gasteiger partial charge in [-0.25, -0.2) is 9.78 Å². The first-order valence-electron chi connectivity index (χ1n) is 10.2. The first-order chi connectivity index (χ1) is 14.3. The topological polar surface area (TPSA) is 97.8 Å². The van der Waals surface area contributed by atoms with Crippen LogP contribution in [-0.4, -0.2) is 32.3 Å². The number of anilines is 2. The molecule has 1 aliphatic rings. The van der Waals surface area contributed by atoms with Crippen molar-refractivity contribution in [2.24, 2.45) is 6.98 Å². The Labute approximate surface area is 160 Å². The Morgan fingerprint density at radius 3 is 2.93 bits per heavy atom. The first kappa shape index (κ1) is 13.9. The summed E-state index contributed by atoms with van der Waals surface area (Å²) >= 11 is 0. The number of aryl methyl sites for hydroxylation is 2. The molecule has 8 nitrogen and oxygen atoms in total. The number of nitrogens with zero attached hydrogens (tertiary/aromatic N) is 5. The fourth-order valence-electron chi connectivity index (χ4n) is 3.33. The number of imidazole rings is 1. The number of benzene rings is 1. The summed E-state index contributed by atoms with van der Waals surface area (Å²) in [6, 6.07) is 7.14. The molecule has 0 aliphatic carbocycles. The van der Waals surface area contributed by atoms with Gasteiger partial charge >= 0.3 is 5.69 Å². The Morgan fingerprint density at radius 1 is 1.41 bits per heavy atom. The molecule has 4 rings (SSSR count). The molecular weight excluding hydrogens is 344 g/mol. The number of hydrogen-bond donors (Lipinski definition) is 1. The van der Waals surface area contributed by atoms with E-state index in [1.807, 2.05) is 6.92 Å². The van der Waals surface area contributed by atoms with Crippen molar-refractivity contribution < 1.29 is 8.85 Å². The van der Waals surface area contributed by atoms with Gasteiger partial charge in [0.1, 0.15) is 5.52 Å². The van der Waals surface area contributed by atoms with Crippen molar-refractivity contribution in [1.29, 1.82) is 5.26 Å². The number of aromatic nitrogens is 4. The van der Waals surface area contributed by atoms with Crippen molar-refractivity contribution in [3.05, 3.63) is 46.0 Å². The monoisotopic (exact) mass is 367 g/mol. The van der Waals surface area contributed by atoms with Crippen LogP contribution in [0.5, 0.6) is 0 Å². The van der Waals surface area contributed by atoms with E-state index in [2.05, 4.69) is 21.4 Å². The van der Waals surface area contributed by atoms with Crippen molar-refractivity contribution in [1.82, 2.24) is 19.1 Å². The second-order valence-corrected chi connectivity index (χ2v) is 6.50. The quantitative estimate of drug-likeness (QED) is 0.763. The third-order valence-electron chi connectivity index (χ3n) is 4.78. The van der Waals surface area contributed by atoms with E-state index in [0.29, 0.717) is 37.3 Å². The predicted octanol–water partition coefficient (Wildman–Crippen LogP) is 2.41. The molecule has 1 N–H and O–H groups in total. The smallest absolute Gasteiger partial charge is 0.330 e. The summed E-state index contributed by atoms with van der Waals surface area (Å²) in [6.45, 7) is 0.178. The van der Waals surface area contributed by atoms with Crippen LogP contribution in [0.2, 0.25) is 0 Å². The van der Waals surface area contributed by atoms with Crippen LogP contribution in [0.25, 0.3) is 11.2 Å². The van der Waals surface area contributed by atoms with Crippen molar-refractivity contribution in [3.63, 3.8) is 0 Å². The number of ether oxygens (including phenoxy) is 1. The number of rotatable bonds is 3. The molecule has 0 spiro atoms. The highest BCUT2D eigenvalue weighted by atomic mass is 16.5. The summed E-state index contributed by atoms with van der Waals surface area (Å²) in [6.07, 6.45) is 2.55. The molecule has 1 saturated heterocycles. The van der Waals surface area contributed by atoms with Crippen LogP contribution in [0.3, 0.4) is 0 Å². The molecule has 0 unspecified atom stereocenters. The number of nitrogens with one attached hydrogen (secondary N) is 1. The van der Waals surface area contributed by atoms with Crippen LogP contribution >= 0.6 is 0 Å². The minimum atomic E-state index is -2.64. The average Bonchev–Trinajstić information content (AvgIpc) is 3.00. The Bertz CT molecular complexity index is 1200. The Kier molecular flexibility index (Phi) is 3.54. The molecule has 3 aromatic rings. The molecule has 1 aliphatic heterocycles. The third-order valence-corrected chi connectivity index (χ3v) is 4.78. The second kappa shape index (κ2) is 6.85. The van der Waals surface area contributed by atoms with E-state index in [4.69, 9.17) is 14.1 Å². The van der Waals surface area contributed by atoms with Gasteiger partial charge in [0.15, 0.2) is 5.65 Å².